The number of sulfonamides is 1. The number of amidine groups is 1. The molecule has 0 aromatic heterocycles. The SMILES string of the molecule is CC(C)(C)OC(=O)c1ccc(NC(=O)CCNS(=O)(=O)c2cccc(C(N)=[NH2+])c2)cc1. The molecule has 6 N–H and O–H groups in total. The van der Waals surface area contributed by atoms with Crippen LogP contribution in [0.25, 0.3) is 0 Å². The van der Waals surface area contributed by atoms with Crippen molar-refractivity contribution >= 4 is 33.4 Å². The van der Waals surface area contributed by atoms with Crippen molar-refractivity contribution in [1.29, 1.82) is 0 Å². The van der Waals surface area contributed by atoms with Gasteiger partial charge in [-0.05, 0) is 63.2 Å². The predicted molar refractivity (Wildman–Crippen MR) is 117 cm³/mol. The van der Waals surface area contributed by atoms with Crippen molar-refractivity contribution in [3.05, 3.63) is 59.7 Å². The molecule has 0 aliphatic carbocycles. The number of ether oxygens (including phenoxy) is 1. The molecule has 2 aromatic carbocycles. The molecule has 10 heteroatoms. The highest BCUT2D eigenvalue weighted by Crippen LogP contribution is 2.15. The summed E-state index contributed by atoms with van der Waals surface area (Å²) in [6, 6.07) is 12.1. The number of hydrogen-bond acceptors (Lipinski definition) is 5. The van der Waals surface area contributed by atoms with Crippen LogP contribution in [-0.2, 0) is 19.6 Å². The Morgan fingerprint density at radius 1 is 1.06 bits per heavy atom. The molecule has 0 atom stereocenters. The number of hydrogen-bond donors (Lipinski definition) is 4. The minimum atomic E-state index is -3.82. The zero-order chi connectivity index (χ0) is 23.2. The quantitative estimate of drug-likeness (QED) is 0.261. The molecule has 9 nitrogen and oxygen atoms in total. The Balaban J connectivity index is 1.88. The van der Waals surface area contributed by atoms with Crippen LogP contribution < -0.4 is 21.2 Å². The number of amides is 1. The number of nitrogens with two attached hydrogens (primary N) is 2. The standard InChI is InChI=1S/C21H26N4O5S/c1-21(2,3)30-20(27)14-7-9-16(10-8-14)25-18(26)11-12-24-31(28,29)17-6-4-5-15(13-17)19(22)23/h4-10,13,24H,11-12H2,1-3H3,(H3,22,23)(H,25,26)/p+1. The fourth-order valence-electron chi connectivity index (χ4n) is 2.48. The van der Waals surface area contributed by atoms with E-state index < -0.39 is 21.6 Å². The molecule has 0 unspecified atom stereocenters. The lowest BCUT2D eigenvalue weighted by Crippen LogP contribution is -2.46. The summed E-state index contributed by atoms with van der Waals surface area (Å²) in [5, 5.41) is 8.14. The number of rotatable bonds is 8. The number of nitrogens with one attached hydrogen (secondary N) is 2. The Bertz CT molecular complexity index is 1070. The molecule has 0 saturated heterocycles. The van der Waals surface area contributed by atoms with E-state index in [0.29, 0.717) is 16.8 Å². The van der Waals surface area contributed by atoms with Gasteiger partial charge < -0.3 is 10.1 Å². The summed E-state index contributed by atoms with van der Waals surface area (Å²) in [5.41, 5.74) is 6.12. The number of benzene rings is 2. The molecular formula is C21H27N4O5S+. The van der Waals surface area contributed by atoms with E-state index >= 15 is 0 Å². The van der Waals surface area contributed by atoms with Crippen LogP contribution in [0.4, 0.5) is 5.69 Å². The van der Waals surface area contributed by atoms with Gasteiger partial charge in [0.15, 0.2) is 0 Å². The normalized spacial score (nSPS) is 11.6. The van der Waals surface area contributed by atoms with E-state index in [9.17, 15) is 18.0 Å². The summed E-state index contributed by atoms with van der Waals surface area (Å²) in [6.45, 7) is 5.22. The van der Waals surface area contributed by atoms with Crippen molar-refractivity contribution in [3.8, 4) is 0 Å². The number of anilines is 1. The van der Waals surface area contributed by atoms with Crippen LogP contribution >= 0.6 is 0 Å². The summed E-state index contributed by atoms with van der Waals surface area (Å²) in [7, 11) is -3.82. The smallest absolute Gasteiger partial charge is 0.338 e. The van der Waals surface area contributed by atoms with Crippen LogP contribution in [0.3, 0.4) is 0 Å². The summed E-state index contributed by atoms with van der Waals surface area (Å²) in [5.74, 6) is -0.840. The molecule has 0 heterocycles. The maximum atomic E-state index is 12.4. The largest absolute Gasteiger partial charge is 0.456 e. The molecule has 166 valence electrons. The van der Waals surface area contributed by atoms with Gasteiger partial charge in [-0.2, -0.15) is 0 Å². The molecule has 0 aliphatic rings. The van der Waals surface area contributed by atoms with Crippen molar-refractivity contribution in [3.63, 3.8) is 0 Å². The Kier molecular flexibility index (Phi) is 7.53. The molecule has 0 radical (unpaired) electrons. The minimum absolute atomic E-state index is 0.00320. The fraction of sp³-hybridized carbons (Fsp3) is 0.286. The maximum absolute atomic E-state index is 12.4. The van der Waals surface area contributed by atoms with Crippen LogP contribution in [0.1, 0.15) is 43.1 Å². The maximum Gasteiger partial charge on any atom is 0.338 e. The van der Waals surface area contributed by atoms with Gasteiger partial charge in [-0.15, -0.1) is 0 Å². The molecule has 2 rings (SSSR count). The Hall–Kier alpha value is -3.24. The van der Waals surface area contributed by atoms with Crippen LogP contribution in [-0.4, -0.2) is 38.3 Å². The third-order valence-electron chi connectivity index (χ3n) is 3.93. The van der Waals surface area contributed by atoms with E-state index in [2.05, 4.69) is 10.0 Å². The summed E-state index contributed by atoms with van der Waals surface area (Å²) >= 11 is 0. The van der Waals surface area contributed by atoms with Gasteiger partial charge in [0.25, 0.3) is 5.84 Å². The van der Waals surface area contributed by atoms with Gasteiger partial charge in [0.1, 0.15) is 5.60 Å². The lowest BCUT2D eigenvalue weighted by atomic mass is 10.1. The van der Waals surface area contributed by atoms with Crippen LogP contribution in [0, 0.1) is 0 Å². The second-order valence-electron chi connectivity index (χ2n) is 7.76. The third-order valence-corrected chi connectivity index (χ3v) is 5.38. The predicted octanol–water partition coefficient (Wildman–Crippen LogP) is 0.413. The lowest BCUT2D eigenvalue weighted by Gasteiger charge is -2.19. The number of esters is 1. The number of carbonyl (C=O) groups is 2. The van der Waals surface area contributed by atoms with Gasteiger partial charge in [-0.3, -0.25) is 15.9 Å². The van der Waals surface area contributed by atoms with Crippen LogP contribution in [0.2, 0.25) is 0 Å². The minimum Gasteiger partial charge on any atom is -0.456 e. The average molecular weight is 448 g/mol. The first kappa shape index (κ1) is 24.0. The highest BCUT2D eigenvalue weighted by Gasteiger charge is 2.18. The van der Waals surface area contributed by atoms with Gasteiger partial charge in [0.2, 0.25) is 15.9 Å². The second-order valence-corrected chi connectivity index (χ2v) is 9.53. The Morgan fingerprint density at radius 3 is 2.29 bits per heavy atom. The van der Waals surface area contributed by atoms with E-state index in [0.717, 1.165) is 0 Å². The summed E-state index contributed by atoms with van der Waals surface area (Å²) in [6.07, 6.45) is -0.0854. The molecule has 1 amide bonds. The monoisotopic (exact) mass is 447 g/mol. The van der Waals surface area contributed by atoms with E-state index in [4.69, 9.17) is 15.9 Å². The lowest BCUT2D eigenvalue weighted by molar-refractivity contribution is -0.116. The van der Waals surface area contributed by atoms with Gasteiger partial charge in [-0.25, -0.2) is 17.9 Å². The van der Waals surface area contributed by atoms with E-state index in [1.165, 1.54) is 18.2 Å². The zero-order valence-electron chi connectivity index (χ0n) is 17.6. The Labute approximate surface area is 181 Å². The van der Waals surface area contributed by atoms with Gasteiger partial charge in [-0.1, -0.05) is 6.07 Å². The topological polar surface area (TPSA) is 153 Å². The van der Waals surface area contributed by atoms with Crippen molar-refractivity contribution in [2.45, 2.75) is 37.7 Å². The molecule has 0 bridgehead atoms. The van der Waals surface area contributed by atoms with Gasteiger partial charge >= 0.3 is 5.97 Å². The van der Waals surface area contributed by atoms with E-state index in [-0.39, 0.29) is 29.6 Å². The summed E-state index contributed by atoms with van der Waals surface area (Å²) in [4.78, 5) is 24.1. The first-order chi connectivity index (χ1) is 14.4. The average Bonchev–Trinajstić information content (AvgIpc) is 2.67. The molecule has 2 aromatic rings. The van der Waals surface area contributed by atoms with Crippen molar-refractivity contribution in [2.75, 3.05) is 11.9 Å². The van der Waals surface area contributed by atoms with Gasteiger partial charge in [0.05, 0.1) is 16.0 Å². The van der Waals surface area contributed by atoms with Crippen LogP contribution in [0.15, 0.2) is 53.4 Å². The second kappa shape index (κ2) is 9.71. The molecule has 0 fully saturated rings. The van der Waals surface area contributed by atoms with Gasteiger partial charge in [0, 0.05) is 18.7 Å². The fourth-order valence-corrected chi connectivity index (χ4v) is 3.55. The van der Waals surface area contributed by atoms with Crippen molar-refractivity contribution in [1.82, 2.24) is 4.72 Å². The molecular weight excluding hydrogens is 420 g/mol. The van der Waals surface area contributed by atoms with Crippen LogP contribution in [0.5, 0.6) is 0 Å². The highest BCUT2D eigenvalue weighted by molar-refractivity contribution is 7.89. The molecule has 0 aliphatic heterocycles. The first-order valence-electron chi connectivity index (χ1n) is 9.49. The highest BCUT2D eigenvalue weighted by atomic mass is 32.2. The zero-order valence-corrected chi connectivity index (χ0v) is 18.5. The third kappa shape index (κ3) is 7.50. The van der Waals surface area contributed by atoms with E-state index in [1.54, 1.807) is 51.1 Å². The van der Waals surface area contributed by atoms with Crippen molar-refractivity contribution < 1.29 is 28.2 Å². The van der Waals surface area contributed by atoms with Crippen molar-refractivity contribution in [2.24, 2.45) is 5.73 Å². The first-order valence-corrected chi connectivity index (χ1v) is 11.0. The Morgan fingerprint density at radius 2 is 1.71 bits per heavy atom. The molecule has 0 spiro atoms. The molecule has 0 saturated carbocycles. The summed E-state index contributed by atoms with van der Waals surface area (Å²) < 4.78 is 32.4. The molecule has 31 heavy (non-hydrogen) atoms. The number of carbonyl (C=O) groups excluding carboxylic acids is 2. The van der Waals surface area contributed by atoms with E-state index in [1.807, 2.05) is 0 Å².